The van der Waals surface area contributed by atoms with E-state index < -0.39 is 17.6 Å². The molecule has 3 rings (SSSR count). The highest BCUT2D eigenvalue weighted by Crippen LogP contribution is 2.34. The Hall–Kier alpha value is -2.43. The molecule has 0 fully saturated rings. The van der Waals surface area contributed by atoms with Crippen molar-refractivity contribution in [3.8, 4) is 5.75 Å². The highest BCUT2D eigenvalue weighted by molar-refractivity contribution is 7.99. The number of hydrogen-bond acceptors (Lipinski definition) is 5. The molecule has 12 heteroatoms. The maximum absolute atomic E-state index is 13.1. The fourth-order valence-corrected chi connectivity index (χ4v) is 4.02. The van der Waals surface area contributed by atoms with E-state index in [1.54, 1.807) is 22.8 Å². The van der Waals surface area contributed by atoms with Crippen LogP contribution in [0.4, 0.5) is 18.9 Å². The van der Waals surface area contributed by atoms with Crippen molar-refractivity contribution in [2.24, 2.45) is 0 Å². The van der Waals surface area contributed by atoms with Gasteiger partial charge in [0.15, 0.2) is 11.0 Å². The van der Waals surface area contributed by atoms with Crippen LogP contribution >= 0.6 is 35.0 Å². The first-order chi connectivity index (χ1) is 15.2. The van der Waals surface area contributed by atoms with Crippen molar-refractivity contribution in [3.63, 3.8) is 0 Å². The summed E-state index contributed by atoms with van der Waals surface area (Å²) in [5.41, 5.74) is -1.20. The van der Waals surface area contributed by atoms with Gasteiger partial charge in [0.1, 0.15) is 12.4 Å². The Morgan fingerprint density at radius 3 is 2.62 bits per heavy atom. The summed E-state index contributed by atoms with van der Waals surface area (Å²) in [5.74, 6) is 0.194. The largest absolute Gasteiger partial charge is 0.484 e. The average molecular weight is 505 g/mol. The molecule has 0 saturated heterocycles. The van der Waals surface area contributed by atoms with Crippen LogP contribution in [0.1, 0.15) is 18.3 Å². The van der Waals surface area contributed by atoms with Crippen molar-refractivity contribution >= 4 is 46.6 Å². The predicted molar refractivity (Wildman–Crippen MR) is 117 cm³/mol. The van der Waals surface area contributed by atoms with E-state index in [-0.39, 0.29) is 18.0 Å². The molecule has 3 aromatic rings. The number of halogens is 5. The first-order valence-corrected chi connectivity index (χ1v) is 11.0. The van der Waals surface area contributed by atoms with Crippen LogP contribution in [0.3, 0.4) is 0 Å². The van der Waals surface area contributed by atoms with Gasteiger partial charge in [0.25, 0.3) is 0 Å². The predicted octanol–water partition coefficient (Wildman–Crippen LogP) is 5.93. The number of thioether (sulfide) groups is 1. The van der Waals surface area contributed by atoms with E-state index in [0.717, 1.165) is 17.8 Å². The summed E-state index contributed by atoms with van der Waals surface area (Å²) in [5, 5.41) is 11.7. The number of rotatable bonds is 8. The third kappa shape index (κ3) is 6.08. The molecule has 32 heavy (non-hydrogen) atoms. The van der Waals surface area contributed by atoms with E-state index in [9.17, 15) is 18.0 Å². The normalized spacial score (nSPS) is 11.4. The quantitative estimate of drug-likeness (QED) is 0.384. The first kappa shape index (κ1) is 24.2. The molecule has 1 amide bonds. The van der Waals surface area contributed by atoms with Crippen molar-refractivity contribution in [2.45, 2.75) is 31.4 Å². The SMILES string of the molecule is CCn1c(COc2ccc(Cl)cc2Cl)nnc1SCC(=O)Nc1ccccc1C(F)(F)F. The van der Waals surface area contributed by atoms with Crippen LogP contribution < -0.4 is 10.1 Å². The smallest absolute Gasteiger partial charge is 0.418 e. The molecular formula is C20H17Cl2F3N4O2S. The zero-order valence-electron chi connectivity index (χ0n) is 16.6. The molecule has 0 radical (unpaired) electrons. The average Bonchev–Trinajstić information content (AvgIpc) is 3.13. The summed E-state index contributed by atoms with van der Waals surface area (Å²) in [6, 6.07) is 9.63. The Kier molecular flexibility index (Phi) is 7.91. The number of alkyl halides is 3. The van der Waals surface area contributed by atoms with Crippen molar-refractivity contribution in [1.82, 2.24) is 14.8 Å². The lowest BCUT2D eigenvalue weighted by Gasteiger charge is -2.13. The van der Waals surface area contributed by atoms with Gasteiger partial charge in [-0.1, -0.05) is 47.1 Å². The number of anilines is 1. The summed E-state index contributed by atoms with van der Waals surface area (Å²) in [6.45, 7) is 2.45. The van der Waals surface area contributed by atoms with Gasteiger partial charge in [0.05, 0.1) is 22.0 Å². The number of ether oxygens (including phenoxy) is 1. The molecule has 6 nitrogen and oxygen atoms in total. The molecule has 1 heterocycles. The van der Waals surface area contributed by atoms with Crippen molar-refractivity contribution < 1.29 is 22.7 Å². The Labute approximate surface area is 196 Å². The number of hydrogen-bond donors (Lipinski definition) is 1. The summed E-state index contributed by atoms with van der Waals surface area (Å²) in [4.78, 5) is 12.2. The standard InChI is InChI=1S/C20H17Cl2F3N4O2S/c1-2-29-17(10-31-16-8-7-12(21)9-14(16)22)27-28-19(29)32-11-18(30)26-15-6-4-3-5-13(15)20(23,24)25/h3-9H,2,10-11H2,1H3,(H,26,30). The van der Waals surface area contributed by atoms with E-state index in [4.69, 9.17) is 27.9 Å². The lowest BCUT2D eigenvalue weighted by molar-refractivity contribution is -0.137. The van der Waals surface area contributed by atoms with E-state index in [1.165, 1.54) is 18.2 Å². The topological polar surface area (TPSA) is 69.0 Å². The number of para-hydroxylation sites is 1. The molecule has 0 aliphatic carbocycles. The van der Waals surface area contributed by atoms with Crippen LogP contribution in [-0.2, 0) is 24.1 Å². The third-order valence-corrected chi connectivity index (χ3v) is 5.70. The van der Waals surface area contributed by atoms with Gasteiger partial charge in [-0.2, -0.15) is 13.2 Å². The number of aromatic nitrogens is 3. The van der Waals surface area contributed by atoms with Gasteiger partial charge >= 0.3 is 6.18 Å². The van der Waals surface area contributed by atoms with Crippen LogP contribution in [0.25, 0.3) is 0 Å². The molecule has 1 aromatic heterocycles. The second kappa shape index (κ2) is 10.5. The lowest BCUT2D eigenvalue weighted by Crippen LogP contribution is -2.18. The van der Waals surface area contributed by atoms with Crippen molar-refractivity contribution in [2.75, 3.05) is 11.1 Å². The molecule has 0 saturated carbocycles. The van der Waals surface area contributed by atoms with E-state index in [1.807, 2.05) is 6.92 Å². The van der Waals surface area contributed by atoms with E-state index >= 15 is 0 Å². The second-order valence-electron chi connectivity index (χ2n) is 6.39. The number of carbonyl (C=O) groups is 1. The lowest BCUT2D eigenvalue weighted by atomic mass is 10.1. The number of nitrogens with zero attached hydrogens (tertiary/aromatic N) is 3. The van der Waals surface area contributed by atoms with Crippen molar-refractivity contribution in [3.05, 3.63) is 63.9 Å². The summed E-state index contributed by atoms with van der Waals surface area (Å²) < 4.78 is 46.7. The van der Waals surface area contributed by atoms with Gasteiger partial charge in [-0.3, -0.25) is 4.79 Å². The van der Waals surface area contributed by atoms with Gasteiger partial charge in [0.2, 0.25) is 5.91 Å². The molecule has 170 valence electrons. The van der Waals surface area contributed by atoms with Gasteiger partial charge in [-0.25, -0.2) is 0 Å². The molecule has 2 aromatic carbocycles. The number of amides is 1. The highest BCUT2D eigenvalue weighted by Gasteiger charge is 2.33. The minimum atomic E-state index is -4.57. The number of benzene rings is 2. The molecule has 1 N–H and O–H groups in total. The first-order valence-electron chi connectivity index (χ1n) is 9.27. The summed E-state index contributed by atoms with van der Waals surface area (Å²) in [6.07, 6.45) is -4.57. The molecule has 0 aliphatic heterocycles. The second-order valence-corrected chi connectivity index (χ2v) is 8.17. The zero-order chi connectivity index (χ0) is 23.3. The number of nitrogens with one attached hydrogen (secondary N) is 1. The van der Waals surface area contributed by atoms with Crippen LogP contribution in [0, 0.1) is 0 Å². The Morgan fingerprint density at radius 1 is 1.19 bits per heavy atom. The summed E-state index contributed by atoms with van der Waals surface area (Å²) >= 11 is 13.0. The van der Waals surface area contributed by atoms with E-state index in [0.29, 0.717) is 33.3 Å². The summed E-state index contributed by atoms with van der Waals surface area (Å²) in [7, 11) is 0. The third-order valence-electron chi connectivity index (χ3n) is 4.20. The monoisotopic (exact) mass is 504 g/mol. The van der Waals surface area contributed by atoms with Crippen LogP contribution in [0.2, 0.25) is 10.0 Å². The zero-order valence-corrected chi connectivity index (χ0v) is 18.9. The van der Waals surface area contributed by atoms with Crippen molar-refractivity contribution in [1.29, 1.82) is 0 Å². The highest BCUT2D eigenvalue weighted by atomic mass is 35.5. The Balaban J connectivity index is 1.62. The molecule has 0 aliphatic rings. The molecule has 0 spiro atoms. The number of carbonyl (C=O) groups excluding carboxylic acids is 1. The molecule has 0 atom stereocenters. The Morgan fingerprint density at radius 2 is 1.94 bits per heavy atom. The fourth-order valence-electron chi connectivity index (χ4n) is 2.74. The van der Waals surface area contributed by atoms with Crippen LogP contribution in [0.15, 0.2) is 47.6 Å². The van der Waals surface area contributed by atoms with Gasteiger partial charge in [-0.05, 0) is 37.3 Å². The minimum absolute atomic E-state index is 0.0773. The molecular weight excluding hydrogens is 488 g/mol. The maximum atomic E-state index is 13.1. The van der Waals surface area contributed by atoms with Crippen LogP contribution in [0.5, 0.6) is 5.75 Å². The minimum Gasteiger partial charge on any atom is -0.484 e. The van der Waals surface area contributed by atoms with Crippen LogP contribution in [-0.4, -0.2) is 26.4 Å². The van der Waals surface area contributed by atoms with E-state index in [2.05, 4.69) is 15.5 Å². The van der Waals surface area contributed by atoms with Gasteiger partial charge < -0.3 is 14.6 Å². The van der Waals surface area contributed by atoms with Gasteiger partial charge in [-0.15, -0.1) is 10.2 Å². The molecule has 0 bridgehead atoms. The Bertz CT molecular complexity index is 1110. The maximum Gasteiger partial charge on any atom is 0.418 e. The molecule has 0 unspecified atom stereocenters. The fraction of sp³-hybridized carbons (Fsp3) is 0.250. The van der Waals surface area contributed by atoms with Gasteiger partial charge in [0, 0.05) is 11.6 Å².